The minimum Gasteiger partial charge on any atom is -0.309 e. The Hall–Kier alpha value is -7.73. The fraction of sp³-hybridized carbons (Fsp3) is 0.0175. The van der Waals surface area contributed by atoms with E-state index in [0.29, 0.717) is 0 Å². The van der Waals surface area contributed by atoms with Gasteiger partial charge in [-0.1, -0.05) is 151 Å². The molecule has 2 aliphatic rings. The number of benzene rings is 9. The summed E-state index contributed by atoms with van der Waals surface area (Å²) in [6, 6.07) is 75.3. The second kappa shape index (κ2) is 12.6. The summed E-state index contributed by atoms with van der Waals surface area (Å²) in [4.78, 5) is 13.7. The first-order valence-corrected chi connectivity index (χ1v) is 22.0. The van der Waals surface area contributed by atoms with Gasteiger partial charge in [0.1, 0.15) is 5.69 Å². The Morgan fingerprint density at radius 1 is 0.371 bits per heavy atom. The van der Waals surface area contributed by atoms with E-state index in [4.69, 9.17) is 9.97 Å². The number of fused-ring (bicyclic) bond motifs is 16. The summed E-state index contributed by atoms with van der Waals surface area (Å²) in [6.45, 7) is 0. The zero-order chi connectivity index (χ0) is 40.5. The van der Waals surface area contributed by atoms with Gasteiger partial charge in [-0.15, -0.1) is 0 Å². The zero-order valence-corrected chi connectivity index (χ0v) is 34.1. The van der Waals surface area contributed by atoms with E-state index >= 15 is 0 Å². The third-order valence-corrected chi connectivity index (χ3v) is 14.5. The Morgan fingerprint density at radius 3 is 1.69 bits per heavy atom. The van der Waals surface area contributed by atoms with E-state index in [1.54, 1.807) is 0 Å². The molecule has 4 heterocycles. The van der Waals surface area contributed by atoms with Gasteiger partial charge in [-0.25, -0.2) is 9.97 Å². The van der Waals surface area contributed by atoms with Crippen LogP contribution in [-0.2, 0) is 5.41 Å². The van der Waals surface area contributed by atoms with Crippen LogP contribution in [-0.4, -0.2) is 19.1 Å². The smallest absolute Gasteiger partial charge is 0.165 e. The van der Waals surface area contributed by atoms with Crippen LogP contribution in [0.1, 0.15) is 22.3 Å². The maximum atomic E-state index is 5.60. The molecule has 14 rings (SSSR count). The van der Waals surface area contributed by atoms with Crippen LogP contribution in [0.4, 0.5) is 0 Å². The molecular weight excluding hydrogens is 773 g/mol. The molecule has 0 saturated heterocycles. The monoisotopic (exact) mass is 806 g/mol. The molecule has 4 nitrogen and oxygen atoms in total. The van der Waals surface area contributed by atoms with Gasteiger partial charge in [-0.3, -0.25) is 4.57 Å². The lowest BCUT2D eigenvalue weighted by atomic mass is 9.67. The van der Waals surface area contributed by atoms with Crippen molar-refractivity contribution in [2.75, 3.05) is 0 Å². The van der Waals surface area contributed by atoms with Crippen molar-refractivity contribution in [2.24, 2.45) is 0 Å². The molecule has 1 aliphatic carbocycles. The van der Waals surface area contributed by atoms with E-state index in [9.17, 15) is 0 Å². The van der Waals surface area contributed by atoms with Crippen LogP contribution in [0.15, 0.2) is 216 Å². The molecule has 0 saturated carbocycles. The molecule has 0 N–H and O–H groups in total. The lowest BCUT2D eigenvalue weighted by molar-refractivity contribution is 0.723. The normalized spacial score (nSPS) is 13.5. The maximum absolute atomic E-state index is 5.60. The van der Waals surface area contributed by atoms with Crippen LogP contribution in [0.25, 0.3) is 88.5 Å². The number of hydrogen-bond acceptors (Lipinski definition) is 3. The summed E-state index contributed by atoms with van der Waals surface area (Å²) >= 11 is 1.88. The van der Waals surface area contributed by atoms with Crippen molar-refractivity contribution in [3.63, 3.8) is 0 Å². The van der Waals surface area contributed by atoms with Gasteiger partial charge < -0.3 is 4.57 Å². The quantitative estimate of drug-likeness (QED) is 0.178. The van der Waals surface area contributed by atoms with Gasteiger partial charge in [0.2, 0.25) is 0 Å². The summed E-state index contributed by atoms with van der Waals surface area (Å²) in [7, 11) is 0. The summed E-state index contributed by atoms with van der Waals surface area (Å²) in [5, 5.41) is 4.80. The van der Waals surface area contributed by atoms with E-state index < -0.39 is 5.41 Å². The number of rotatable bonds is 3. The molecule has 1 aliphatic heterocycles. The SMILES string of the molecule is c1ccc(-n2c3ccccc3c3ccc(-c4nc5ccccc5nc4-n4c5ccccc5c5cc6c(cc54)C4(c5ccccc5Sc5ccccc54)c4ccccc4-6)cc32)cc1. The van der Waals surface area contributed by atoms with Gasteiger partial charge in [0, 0.05) is 42.6 Å². The predicted octanol–water partition coefficient (Wildman–Crippen LogP) is 14.3. The molecule has 0 fully saturated rings. The topological polar surface area (TPSA) is 35.6 Å². The van der Waals surface area contributed by atoms with Gasteiger partial charge >= 0.3 is 0 Å². The Bertz CT molecular complexity index is 3810. The second-order valence-corrected chi connectivity index (χ2v) is 17.5. The van der Waals surface area contributed by atoms with Gasteiger partial charge in [0.25, 0.3) is 0 Å². The summed E-state index contributed by atoms with van der Waals surface area (Å²) in [5.74, 6) is 0.807. The predicted molar refractivity (Wildman–Crippen MR) is 255 cm³/mol. The molecule has 62 heavy (non-hydrogen) atoms. The summed E-state index contributed by atoms with van der Waals surface area (Å²) < 4.78 is 4.77. The number of aromatic nitrogens is 4. The molecule has 0 radical (unpaired) electrons. The molecule has 0 bridgehead atoms. The largest absolute Gasteiger partial charge is 0.309 e. The van der Waals surface area contributed by atoms with Crippen molar-refractivity contribution in [3.05, 3.63) is 229 Å². The fourth-order valence-corrected chi connectivity index (χ4v) is 12.0. The van der Waals surface area contributed by atoms with Crippen LogP contribution >= 0.6 is 11.8 Å². The summed E-state index contributed by atoms with van der Waals surface area (Å²) in [5.41, 5.74) is 16.5. The maximum Gasteiger partial charge on any atom is 0.165 e. The highest BCUT2D eigenvalue weighted by Crippen LogP contribution is 2.63. The van der Waals surface area contributed by atoms with Crippen LogP contribution in [0.3, 0.4) is 0 Å². The molecule has 0 atom stereocenters. The Morgan fingerprint density at radius 2 is 0.935 bits per heavy atom. The van der Waals surface area contributed by atoms with Crippen molar-refractivity contribution in [3.8, 4) is 33.9 Å². The molecule has 0 unspecified atom stereocenters. The third kappa shape index (κ3) is 4.47. The van der Waals surface area contributed by atoms with Gasteiger partial charge in [0.15, 0.2) is 5.82 Å². The molecule has 1 spiro atoms. The van der Waals surface area contributed by atoms with Gasteiger partial charge in [0.05, 0.1) is 38.5 Å². The molecular formula is C57H34N4S. The standard InChI is InChI=1S/C57H34N4S/c1-2-16-36(17-3-1)60-49-26-12-5-19-38(49)40-31-30-35(32-51(40)60)55-56(59-48-25-11-10-24-47(48)58-55)61-50-27-13-6-20-39(50)42-33-41-37-18-4-7-21-43(37)57(46(41)34-52(42)61)44-22-8-14-28-53(44)62-54-29-15-9-23-45(54)57/h1-34H. The minimum atomic E-state index is -0.506. The third-order valence-electron chi connectivity index (χ3n) is 13.4. The highest BCUT2D eigenvalue weighted by molar-refractivity contribution is 7.99. The van der Waals surface area contributed by atoms with Crippen LogP contribution in [0.5, 0.6) is 0 Å². The molecule has 12 aromatic rings. The highest BCUT2D eigenvalue weighted by Gasteiger charge is 2.50. The van der Waals surface area contributed by atoms with E-state index in [1.165, 1.54) is 70.2 Å². The molecule has 288 valence electrons. The number of hydrogen-bond donors (Lipinski definition) is 0. The van der Waals surface area contributed by atoms with Crippen molar-refractivity contribution < 1.29 is 0 Å². The molecule has 5 heteroatoms. The van der Waals surface area contributed by atoms with Gasteiger partial charge in [-0.2, -0.15) is 0 Å². The number of nitrogens with zero attached hydrogens (tertiary/aromatic N) is 4. The average Bonchev–Trinajstić information content (AvgIpc) is 3.94. The number of para-hydroxylation sites is 5. The first-order chi connectivity index (χ1) is 30.8. The van der Waals surface area contributed by atoms with Gasteiger partial charge in [-0.05, 0) is 100 Å². The first kappa shape index (κ1) is 34.0. The average molecular weight is 807 g/mol. The van der Waals surface area contributed by atoms with E-state index in [1.807, 2.05) is 11.8 Å². The van der Waals surface area contributed by atoms with Crippen molar-refractivity contribution in [1.82, 2.24) is 19.1 Å². The Kier molecular flexibility index (Phi) is 6.94. The Labute approximate surface area is 361 Å². The fourth-order valence-electron chi connectivity index (χ4n) is 10.9. The molecule has 3 aromatic heterocycles. The van der Waals surface area contributed by atoms with Crippen molar-refractivity contribution in [1.29, 1.82) is 0 Å². The minimum absolute atomic E-state index is 0.506. The van der Waals surface area contributed by atoms with Crippen LogP contribution in [0, 0.1) is 0 Å². The lowest BCUT2D eigenvalue weighted by Crippen LogP contribution is -2.31. The lowest BCUT2D eigenvalue weighted by Gasteiger charge is -2.39. The Balaban J connectivity index is 1.10. The van der Waals surface area contributed by atoms with Crippen LogP contribution < -0.4 is 0 Å². The highest BCUT2D eigenvalue weighted by atomic mass is 32.2. The summed E-state index contributed by atoms with van der Waals surface area (Å²) in [6.07, 6.45) is 0. The second-order valence-electron chi connectivity index (χ2n) is 16.5. The molecule has 0 amide bonds. The first-order valence-electron chi connectivity index (χ1n) is 21.2. The van der Waals surface area contributed by atoms with E-state index in [2.05, 4.69) is 215 Å². The zero-order valence-electron chi connectivity index (χ0n) is 33.3. The molecule has 9 aromatic carbocycles. The van der Waals surface area contributed by atoms with E-state index in [-0.39, 0.29) is 0 Å². The van der Waals surface area contributed by atoms with E-state index in [0.717, 1.165) is 50.3 Å². The van der Waals surface area contributed by atoms with Crippen molar-refractivity contribution in [2.45, 2.75) is 15.2 Å². The van der Waals surface area contributed by atoms with Crippen molar-refractivity contribution >= 4 is 66.4 Å². The van der Waals surface area contributed by atoms with Crippen LogP contribution in [0.2, 0.25) is 0 Å².